The van der Waals surface area contributed by atoms with Crippen LogP contribution in [0.4, 0.5) is 0 Å². The fourth-order valence-corrected chi connectivity index (χ4v) is 2.00. The van der Waals surface area contributed by atoms with Gasteiger partial charge in [0.15, 0.2) is 0 Å². The van der Waals surface area contributed by atoms with Crippen LogP contribution < -0.4 is 17.0 Å². The van der Waals surface area contributed by atoms with Crippen molar-refractivity contribution in [2.24, 2.45) is 0 Å². The predicted octanol–water partition coefficient (Wildman–Crippen LogP) is 0.871. The van der Waals surface area contributed by atoms with Crippen LogP contribution in [0.1, 0.15) is 58.3 Å². The number of ether oxygens (including phenoxy) is 2. The van der Waals surface area contributed by atoms with Crippen molar-refractivity contribution >= 4 is 0 Å². The molecule has 0 spiro atoms. The molecule has 0 N–H and O–H groups in total. The lowest BCUT2D eigenvalue weighted by Crippen LogP contribution is -3.00. The van der Waals surface area contributed by atoms with Crippen LogP contribution in [0.3, 0.4) is 0 Å². The predicted molar refractivity (Wildman–Crippen MR) is 87.1 cm³/mol. The molecule has 0 aliphatic rings. The van der Waals surface area contributed by atoms with Gasteiger partial charge in [-0.15, -0.1) is 0 Å². The Bertz CT molecular complexity index is 196. The minimum Gasteiger partial charge on any atom is -1.00 e. The number of hydrogen-bond acceptors (Lipinski definition) is 2. The Morgan fingerprint density at radius 2 is 1.10 bits per heavy atom. The molecule has 0 fully saturated rings. The monoisotopic (exact) mass is 367 g/mol. The summed E-state index contributed by atoms with van der Waals surface area (Å²) in [5.41, 5.74) is 0. The number of hydrogen-bond donors (Lipinski definition) is 0. The molecule has 21 heavy (non-hydrogen) atoms. The van der Waals surface area contributed by atoms with E-state index in [0.717, 1.165) is 37.5 Å². The summed E-state index contributed by atoms with van der Waals surface area (Å²) in [5.74, 6) is 0. The first-order valence-electron chi connectivity index (χ1n) is 8.52. The van der Waals surface area contributed by atoms with Crippen molar-refractivity contribution in [1.82, 2.24) is 0 Å². The lowest BCUT2D eigenvalue weighted by atomic mass is 10.1. The fourth-order valence-electron chi connectivity index (χ4n) is 2.00. The van der Waals surface area contributed by atoms with E-state index in [-0.39, 0.29) is 17.0 Å². The van der Waals surface area contributed by atoms with E-state index >= 15 is 0 Å². The molecule has 0 unspecified atom stereocenters. The van der Waals surface area contributed by atoms with Crippen LogP contribution in [0, 0.1) is 0 Å². The van der Waals surface area contributed by atoms with Gasteiger partial charge in [0.2, 0.25) is 0 Å². The second-order valence-electron chi connectivity index (χ2n) is 6.71. The molecule has 0 aromatic rings. The molecule has 0 heterocycles. The van der Waals surface area contributed by atoms with E-state index in [1.165, 1.54) is 51.4 Å². The van der Waals surface area contributed by atoms with Crippen LogP contribution in [0.25, 0.3) is 0 Å². The molecule has 3 nitrogen and oxygen atoms in total. The van der Waals surface area contributed by atoms with Gasteiger partial charge >= 0.3 is 0 Å². The van der Waals surface area contributed by atoms with E-state index in [9.17, 15) is 0 Å². The van der Waals surface area contributed by atoms with Gasteiger partial charge in [-0.05, 0) is 6.42 Å². The van der Waals surface area contributed by atoms with Crippen LogP contribution in [0.5, 0.6) is 0 Å². The molecule has 0 atom stereocenters. The van der Waals surface area contributed by atoms with Crippen molar-refractivity contribution in [2.75, 3.05) is 54.1 Å². The highest BCUT2D eigenvalue weighted by atomic mass is 79.9. The third-order valence-electron chi connectivity index (χ3n) is 3.42. The molecule has 0 radical (unpaired) electrons. The van der Waals surface area contributed by atoms with Gasteiger partial charge in [-0.1, -0.05) is 51.9 Å². The summed E-state index contributed by atoms with van der Waals surface area (Å²) >= 11 is 0. The minimum atomic E-state index is 0. The molecule has 0 bridgehead atoms. The van der Waals surface area contributed by atoms with Gasteiger partial charge in [0.1, 0.15) is 6.54 Å². The van der Waals surface area contributed by atoms with Gasteiger partial charge in [-0.2, -0.15) is 0 Å². The molecular formula is C17H38BrNO2. The summed E-state index contributed by atoms with van der Waals surface area (Å²) < 4.78 is 12.1. The average molecular weight is 368 g/mol. The lowest BCUT2D eigenvalue weighted by molar-refractivity contribution is -0.870. The van der Waals surface area contributed by atoms with Crippen LogP contribution in [-0.4, -0.2) is 58.6 Å². The molecule has 4 heteroatoms. The average Bonchev–Trinajstić information content (AvgIpc) is 2.38. The third kappa shape index (κ3) is 22.8. The Morgan fingerprint density at radius 3 is 1.62 bits per heavy atom. The summed E-state index contributed by atoms with van der Waals surface area (Å²) in [6.07, 6.45) is 10.8. The van der Waals surface area contributed by atoms with E-state index in [2.05, 4.69) is 28.1 Å². The molecule has 0 saturated carbocycles. The first-order valence-corrected chi connectivity index (χ1v) is 8.52. The van der Waals surface area contributed by atoms with E-state index in [1.807, 2.05) is 0 Å². The maximum atomic E-state index is 5.58. The Morgan fingerprint density at radius 1 is 0.619 bits per heavy atom. The minimum absolute atomic E-state index is 0. The Labute approximate surface area is 143 Å². The summed E-state index contributed by atoms with van der Waals surface area (Å²) in [7, 11) is 6.55. The molecule has 0 aromatic carbocycles. The fraction of sp³-hybridized carbons (Fsp3) is 1.00. The largest absolute Gasteiger partial charge is 1.00 e. The molecule has 0 aromatic heterocycles. The smallest absolute Gasteiger partial charge is 0.102 e. The molecule has 0 rings (SSSR count). The summed E-state index contributed by atoms with van der Waals surface area (Å²) in [4.78, 5) is 0. The van der Waals surface area contributed by atoms with Crippen molar-refractivity contribution in [3.05, 3.63) is 0 Å². The van der Waals surface area contributed by atoms with E-state index in [4.69, 9.17) is 9.47 Å². The van der Waals surface area contributed by atoms with E-state index < -0.39 is 0 Å². The first-order chi connectivity index (χ1) is 9.56. The van der Waals surface area contributed by atoms with Crippen molar-refractivity contribution in [3.8, 4) is 0 Å². The number of unbranched alkanes of at least 4 members (excludes halogenated alkanes) is 7. The van der Waals surface area contributed by atoms with Gasteiger partial charge < -0.3 is 30.9 Å². The lowest BCUT2D eigenvalue weighted by Gasteiger charge is -2.23. The van der Waals surface area contributed by atoms with Crippen LogP contribution in [0.2, 0.25) is 0 Å². The standard InChI is InChI=1S/C17H38NO2.BrH/c1-5-6-7-8-9-10-11-12-14-19-16-17-20-15-13-18(2,3)4;/h5-17H2,1-4H3;1H/q+1;/p-1. The molecule has 0 aliphatic carbocycles. The van der Waals surface area contributed by atoms with Crippen LogP contribution >= 0.6 is 0 Å². The van der Waals surface area contributed by atoms with E-state index in [1.54, 1.807) is 0 Å². The quantitative estimate of drug-likeness (QED) is 0.316. The zero-order valence-corrected chi connectivity index (χ0v) is 16.4. The van der Waals surface area contributed by atoms with Gasteiger partial charge in [0.25, 0.3) is 0 Å². The Kier molecular flexibility index (Phi) is 18.8. The van der Waals surface area contributed by atoms with Crippen molar-refractivity contribution < 1.29 is 30.9 Å². The summed E-state index contributed by atoms with van der Waals surface area (Å²) in [5, 5.41) is 0. The number of nitrogens with zero attached hydrogens (tertiary/aromatic N) is 1. The van der Waals surface area contributed by atoms with Crippen molar-refractivity contribution in [1.29, 1.82) is 0 Å². The highest BCUT2D eigenvalue weighted by Gasteiger charge is 2.05. The zero-order chi connectivity index (χ0) is 15.1. The van der Waals surface area contributed by atoms with Crippen LogP contribution in [-0.2, 0) is 9.47 Å². The maximum Gasteiger partial charge on any atom is 0.102 e. The summed E-state index contributed by atoms with van der Waals surface area (Å²) in [6, 6.07) is 0. The Hall–Kier alpha value is 0.360. The number of quaternary nitrogens is 1. The van der Waals surface area contributed by atoms with Gasteiger partial charge in [0.05, 0.1) is 41.0 Å². The Balaban J connectivity index is 0. The van der Waals surface area contributed by atoms with Gasteiger partial charge in [-0.3, -0.25) is 0 Å². The molecule has 0 amide bonds. The summed E-state index contributed by atoms with van der Waals surface area (Å²) in [6.45, 7) is 6.52. The zero-order valence-electron chi connectivity index (χ0n) is 14.8. The second kappa shape index (κ2) is 16.7. The normalized spacial score (nSPS) is 11.4. The molecular weight excluding hydrogens is 330 g/mol. The first kappa shape index (κ1) is 23.6. The topological polar surface area (TPSA) is 18.5 Å². The van der Waals surface area contributed by atoms with Crippen molar-refractivity contribution in [3.63, 3.8) is 0 Å². The number of halogens is 1. The second-order valence-corrected chi connectivity index (χ2v) is 6.71. The number of likely N-dealkylation sites (N-methyl/N-ethyl adjacent to an activating group) is 1. The molecule has 0 saturated heterocycles. The molecule has 130 valence electrons. The maximum absolute atomic E-state index is 5.58. The van der Waals surface area contributed by atoms with Crippen LogP contribution in [0.15, 0.2) is 0 Å². The highest BCUT2D eigenvalue weighted by Crippen LogP contribution is 2.08. The number of rotatable bonds is 15. The molecule has 0 aliphatic heterocycles. The van der Waals surface area contributed by atoms with Gasteiger partial charge in [-0.25, -0.2) is 0 Å². The van der Waals surface area contributed by atoms with E-state index in [0.29, 0.717) is 0 Å². The van der Waals surface area contributed by atoms with Gasteiger partial charge in [0, 0.05) is 6.61 Å². The third-order valence-corrected chi connectivity index (χ3v) is 3.42. The SMILES string of the molecule is CCCCCCCCCCOCCOCC[N+](C)(C)C.[Br-]. The van der Waals surface area contributed by atoms with Crippen molar-refractivity contribution in [2.45, 2.75) is 58.3 Å². The highest BCUT2D eigenvalue weighted by molar-refractivity contribution is 4.45.